The molecule has 6 rings (SSSR count). The summed E-state index contributed by atoms with van der Waals surface area (Å²) in [4.78, 5) is 32.5. The molecule has 0 radical (unpaired) electrons. The van der Waals surface area contributed by atoms with Crippen molar-refractivity contribution in [3.63, 3.8) is 0 Å². The average Bonchev–Trinajstić information content (AvgIpc) is 3.78. The van der Waals surface area contributed by atoms with E-state index in [1.165, 1.54) is 17.4 Å². The lowest BCUT2D eigenvalue weighted by molar-refractivity contribution is -0.137. The van der Waals surface area contributed by atoms with Crippen molar-refractivity contribution in [2.24, 2.45) is 5.92 Å². The first-order valence-corrected chi connectivity index (χ1v) is 14.5. The number of benzene rings is 2. The lowest BCUT2D eigenvalue weighted by Gasteiger charge is -2.39. The minimum atomic E-state index is -0.285. The average molecular weight is 544 g/mol. The van der Waals surface area contributed by atoms with Crippen molar-refractivity contribution in [2.45, 2.75) is 70.6 Å². The number of aryl methyl sites for hydroxylation is 1. The van der Waals surface area contributed by atoms with E-state index in [9.17, 15) is 9.59 Å². The highest BCUT2D eigenvalue weighted by Gasteiger charge is 2.36. The summed E-state index contributed by atoms with van der Waals surface area (Å²) >= 11 is 0. The summed E-state index contributed by atoms with van der Waals surface area (Å²) in [5.41, 5.74) is 4.86. The number of ether oxygens (including phenoxy) is 2. The third-order valence-electron chi connectivity index (χ3n) is 8.39. The molecule has 1 aromatic heterocycles. The van der Waals surface area contributed by atoms with E-state index in [1.807, 2.05) is 12.1 Å². The summed E-state index contributed by atoms with van der Waals surface area (Å²) in [7, 11) is 0. The fourth-order valence-electron chi connectivity index (χ4n) is 6.16. The smallest absolute Gasteiger partial charge is 0.273 e. The molecular formula is C32H37N3O5. The fourth-order valence-corrected chi connectivity index (χ4v) is 6.16. The van der Waals surface area contributed by atoms with Gasteiger partial charge in [0.2, 0.25) is 11.8 Å². The first-order valence-electron chi connectivity index (χ1n) is 14.5. The molecule has 3 heterocycles. The van der Waals surface area contributed by atoms with Crippen LogP contribution in [0.25, 0.3) is 0 Å². The molecule has 3 aliphatic rings. The van der Waals surface area contributed by atoms with Gasteiger partial charge in [0.25, 0.3) is 5.91 Å². The van der Waals surface area contributed by atoms with Crippen molar-refractivity contribution in [1.29, 1.82) is 0 Å². The van der Waals surface area contributed by atoms with E-state index >= 15 is 0 Å². The van der Waals surface area contributed by atoms with Crippen LogP contribution in [0, 0.1) is 12.8 Å². The van der Waals surface area contributed by atoms with Gasteiger partial charge in [0, 0.05) is 25.6 Å². The SMILES string of the molecule is Cc1ccc([C@@H]2c3cc(OCc4nc(C(=O)NC[C@H]5CCCO5)co4)ccc3CCN2C(=O)C2CCCC2)cc1. The Morgan fingerprint density at radius 1 is 1.07 bits per heavy atom. The molecule has 1 N–H and O–H groups in total. The summed E-state index contributed by atoms with van der Waals surface area (Å²) in [6.45, 7) is 4.10. The highest BCUT2D eigenvalue weighted by molar-refractivity contribution is 5.91. The molecule has 2 amide bonds. The zero-order valence-electron chi connectivity index (χ0n) is 23.1. The molecule has 3 aromatic rings. The van der Waals surface area contributed by atoms with E-state index in [-0.39, 0.29) is 42.2 Å². The van der Waals surface area contributed by atoms with Crippen molar-refractivity contribution in [1.82, 2.24) is 15.2 Å². The van der Waals surface area contributed by atoms with Crippen LogP contribution in [0.15, 0.2) is 53.1 Å². The number of nitrogens with one attached hydrogen (secondary N) is 1. The number of aromatic nitrogens is 1. The molecule has 0 unspecified atom stereocenters. The van der Waals surface area contributed by atoms with Crippen LogP contribution in [0.2, 0.25) is 0 Å². The molecule has 210 valence electrons. The van der Waals surface area contributed by atoms with Gasteiger partial charge in [-0.15, -0.1) is 0 Å². The van der Waals surface area contributed by atoms with Gasteiger partial charge >= 0.3 is 0 Å². The highest BCUT2D eigenvalue weighted by atomic mass is 16.5. The number of oxazole rings is 1. The third kappa shape index (κ3) is 5.77. The number of rotatable bonds is 8. The van der Waals surface area contributed by atoms with Gasteiger partial charge < -0.3 is 24.1 Å². The molecule has 2 fully saturated rings. The zero-order valence-corrected chi connectivity index (χ0v) is 23.1. The summed E-state index contributed by atoms with van der Waals surface area (Å²) in [6.07, 6.45) is 8.45. The Bertz CT molecular complexity index is 1340. The van der Waals surface area contributed by atoms with Crippen molar-refractivity contribution in [3.8, 4) is 5.75 Å². The van der Waals surface area contributed by atoms with Crippen LogP contribution in [0.1, 0.15) is 83.2 Å². The second-order valence-electron chi connectivity index (χ2n) is 11.2. The lowest BCUT2D eigenvalue weighted by atomic mass is 9.86. The van der Waals surface area contributed by atoms with Crippen LogP contribution in [-0.4, -0.2) is 47.5 Å². The molecule has 1 saturated carbocycles. The molecule has 0 bridgehead atoms. The number of carbonyl (C=O) groups excluding carboxylic acids is 2. The molecule has 8 nitrogen and oxygen atoms in total. The van der Waals surface area contributed by atoms with Crippen molar-refractivity contribution in [2.75, 3.05) is 19.7 Å². The van der Waals surface area contributed by atoms with E-state index in [4.69, 9.17) is 13.9 Å². The standard InChI is InChI=1S/C32H37N3O5/c1-21-8-10-23(11-9-21)30-27-17-25(13-12-22(27)14-15-35(30)32(37)24-5-2-3-6-24)39-20-29-34-28(19-40-29)31(36)33-18-26-7-4-16-38-26/h8-13,17,19,24,26,30H,2-7,14-16,18,20H2,1H3,(H,33,36)/t26-,30-/m1/s1. The molecule has 1 aliphatic carbocycles. The number of nitrogens with zero attached hydrogens (tertiary/aromatic N) is 2. The van der Waals surface area contributed by atoms with Gasteiger partial charge in [0.15, 0.2) is 12.3 Å². The van der Waals surface area contributed by atoms with Crippen LogP contribution >= 0.6 is 0 Å². The van der Waals surface area contributed by atoms with E-state index in [2.05, 4.69) is 52.5 Å². The molecule has 8 heteroatoms. The number of fused-ring (bicyclic) bond motifs is 1. The minimum absolute atomic E-state index is 0.0655. The Labute approximate surface area is 235 Å². The van der Waals surface area contributed by atoms with Gasteiger partial charge in [-0.25, -0.2) is 4.98 Å². The normalized spacial score (nSPS) is 20.9. The fraction of sp³-hybridized carbons (Fsp3) is 0.469. The quantitative estimate of drug-likeness (QED) is 0.423. The predicted molar refractivity (Wildman–Crippen MR) is 149 cm³/mol. The molecule has 2 aliphatic heterocycles. The Kier molecular flexibility index (Phi) is 7.86. The van der Waals surface area contributed by atoms with Crippen LogP contribution < -0.4 is 10.1 Å². The van der Waals surface area contributed by atoms with Crippen LogP contribution in [-0.2, 0) is 22.6 Å². The molecule has 2 aromatic carbocycles. The summed E-state index contributed by atoms with van der Waals surface area (Å²) in [5.74, 6) is 1.11. The van der Waals surface area contributed by atoms with Gasteiger partial charge in [0.05, 0.1) is 12.1 Å². The minimum Gasteiger partial charge on any atom is -0.484 e. The van der Waals surface area contributed by atoms with Crippen LogP contribution in [0.4, 0.5) is 0 Å². The first-order chi connectivity index (χ1) is 19.5. The maximum absolute atomic E-state index is 13.7. The molecule has 40 heavy (non-hydrogen) atoms. The van der Waals surface area contributed by atoms with Crippen LogP contribution in [0.3, 0.4) is 0 Å². The molecule has 1 saturated heterocycles. The maximum atomic E-state index is 13.7. The van der Waals surface area contributed by atoms with Gasteiger partial charge in [-0.05, 0) is 67.9 Å². The Morgan fingerprint density at radius 3 is 2.67 bits per heavy atom. The topological polar surface area (TPSA) is 93.9 Å². The Balaban J connectivity index is 1.17. The number of hydrogen-bond acceptors (Lipinski definition) is 6. The second-order valence-corrected chi connectivity index (χ2v) is 11.2. The van der Waals surface area contributed by atoms with E-state index in [0.717, 1.165) is 69.2 Å². The number of carbonyl (C=O) groups is 2. The Hall–Kier alpha value is -3.65. The lowest BCUT2D eigenvalue weighted by Crippen LogP contribution is -2.43. The van der Waals surface area contributed by atoms with Crippen LogP contribution in [0.5, 0.6) is 5.75 Å². The Morgan fingerprint density at radius 2 is 1.90 bits per heavy atom. The third-order valence-corrected chi connectivity index (χ3v) is 8.39. The zero-order chi connectivity index (χ0) is 27.5. The molecule has 0 spiro atoms. The van der Waals surface area contributed by atoms with Gasteiger partial charge in [-0.3, -0.25) is 9.59 Å². The maximum Gasteiger partial charge on any atom is 0.273 e. The summed E-state index contributed by atoms with van der Waals surface area (Å²) in [6, 6.07) is 14.4. The number of amides is 2. The second kappa shape index (κ2) is 11.8. The number of hydrogen-bond donors (Lipinski definition) is 1. The summed E-state index contributed by atoms with van der Waals surface area (Å²) < 4.78 is 17.2. The predicted octanol–water partition coefficient (Wildman–Crippen LogP) is 5.14. The van der Waals surface area contributed by atoms with Gasteiger partial charge in [-0.2, -0.15) is 0 Å². The van der Waals surface area contributed by atoms with E-state index in [0.29, 0.717) is 18.2 Å². The van der Waals surface area contributed by atoms with Gasteiger partial charge in [0.1, 0.15) is 12.0 Å². The largest absolute Gasteiger partial charge is 0.484 e. The summed E-state index contributed by atoms with van der Waals surface area (Å²) in [5, 5.41) is 2.86. The van der Waals surface area contributed by atoms with Gasteiger partial charge in [-0.1, -0.05) is 48.7 Å². The molecule has 2 atom stereocenters. The van der Waals surface area contributed by atoms with Crippen molar-refractivity contribution >= 4 is 11.8 Å². The highest BCUT2D eigenvalue weighted by Crippen LogP contribution is 2.40. The molecular weight excluding hydrogens is 506 g/mol. The first kappa shape index (κ1) is 26.6. The van der Waals surface area contributed by atoms with E-state index < -0.39 is 0 Å². The van der Waals surface area contributed by atoms with Crippen molar-refractivity contribution in [3.05, 3.63) is 82.6 Å². The van der Waals surface area contributed by atoms with Crippen molar-refractivity contribution < 1.29 is 23.5 Å². The monoisotopic (exact) mass is 543 g/mol. The van der Waals surface area contributed by atoms with E-state index in [1.54, 1.807) is 0 Å².